The van der Waals surface area contributed by atoms with Crippen LogP contribution in [0.5, 0.6) is 0 Å². The van der Waals surface area contributed by atoms with Crippen LogP contribution < -0.4 is 16.0 Å². The minimum Gasteiger partial charge on any atom is -0.377 e. The lowest BCUT2D eigenvalue weighted by atomic mass is 10.0. The molecule has 36 heavy (non-hydrogen) atoms. The molecule has 0 unspecified atom stereocenters. The quantitative estimate of drug-likeness (QED) is 0.303. The molecule has 2 aromatic rings. The number of amides is 3. The normalized spacial score (nSPS) is 11.8. The highest BCUT2D eigenvalue weighted by Crippen LogP contribution is 2.26. The molecule has 0 saturated carbocycles. The van der Waals surface area contributed by atoms with E-state index in [4.69, 9.17) is 19.9 Å². The van der Waals surface area contributed by atoms with Gasteiger partial charge >= 0.3 is 0 Å². The molecule has 1 aliphatic rings. The van der Waals surface area contributed by atoms with Crippen molar-refractivity contribution in [2.24, 2.45) is 5.73 Å². The van der Waals surface area contributed by atoms with Crippen molar-refractivity contribution in [1.82, 2.24) is 5.32 Å². The van der Waals surface area contributed by atoms with Gasteiger partial charge in [-0.2, -0.15) is 0 Å². The minimum absolute atomic E-state index is 0.0826. The summed E-state index contributed by atoms with van der Waals surface area (Å²) < 4.78 is 15.7. The van der Waals surface area contributed by atoms with Gasteiger partial charge in [0, 0.05) is 30.5 Å². The molecule has 0 atom stereocenters. The second kappa shape index (κ2) is 14.6. The molecule has 0 radical (unpaired) electrons. The standard InChI is InChI=1S/C27H31N3O6/c28-25(31)20-36-18-17-35-16-15-34-14-13-29-26(32)11-12-27(33)30-19-23-7-2-1-5-21(23)9-10-22-6-3-4-8-24(22)30/h1-8H,11-20H2,(H2,28,31)(H,29,32). The van der Waals surface area contributed by atoms with Gasteiger partial charge in [0.25, 0.3) is 0 Å². The maximum atomic E-state index is 13.1. The highest BCUT2D eigenvalue weighted by Gasteiger charge is 2.21. The fraction of sp³-hybridized carbons (Fsp3) is 0.370. The first-order chi connectivity index (χ1) is 17.5. The van der Waals surface area contributed by atoms with Crippen LogP contribution in [-0.2, 0) is 35.1 Å². The van der Waals surface area contributed by atoms with Crippen molar-refractivity contribution in [2.75, 3.05) is 51.1 Å². The maximum absolute atomic E-state index is 13.1. The number of para-hydroxylation sites is 1. The number of carbonyl (C=O) groups excluding carboxylic acids is 3. The van der Waals surface area contributed by atoms with E-state index < -0.39 is 5.91 Å². The average Bonchev–Trinajstić information content (AvgIpc) is 2.87. The molecule has 0 aliphatic carbocycles. The van der Waals surface area contributed by atoms with E-state index in [9.17, 15) is 14.4 Å². The number of hydrogen-bond acceptors (Lipinski definition) is 6. The molecule has 2 aromatic carbocycles. The number of benzene rings is 2. The molecule has 1 aliphatic heterocycles. The van der Waals surface area contributed by atoms with Crippen LogP contribution in [-0.4, -0.2) is 63.9 Å². The summed E-state index contributed by atoms with van der Waals surface area (Å²) in [6, 6.07) is 15.3. The Bertz CT molecular complexity index is 1110. The van der Waals surface area contributed by atoms with Gasteiger partial charge < -0.3 is 30.2 Å². The third-order valence-corrected chi connectivity index (χ3v) is 5.30. The van der Waals surface area contributed by atoms with Crippen LogP contribution >= 0.6 is 0 Å². The summed E-state index contributed by atoms with van der Waals surface area (Å²) in [5.74, 6) is 5.49. The zero-order valence-electron chi connectivity index (χ0n) is 20.2. The third kappa shape index (κ3) is 8.82. The number of anilines is 1. The van der Waals surface area contributed by atoms with Gasteiger partial charge in [-0.25, -0.2) is 0 Å². The third-order valence-electron chi connectivity index (χ3n) is 5.30. The first-order valence-electron chi connectivity index (χ1n) is 11.8. The van der Waals surface area contributed by atoms with Gasteiger partial charge in [-0.05, 0) is 23.8 Å². The van der Waals surface area contributed by atoms with E-state index in [0.717, 1.165) is 22.4 Å². The highest BCUT2D eigenvalue weighted by molar-refractivity contribution is 5.96. The van der Waals surface area contributed by atoms with E-state index in [2.05, 4.69) is 17.2 Å². The zero-order chi connectivity index (χ0) is 25.6. The van der Waals surface area contributed by atoms with Gasteiger partial charge in [0.1, 0.15) is 6.61 Å². The molecule has 3 N–H and O–H groups in total. The SMILES string of the molecule is NC(=O)COCCOCCOCCNC(=O)CCC(=O)N1Cc2ccccc2C#Cc2ccccc21. The number of fused-ring (bicyclic) bond motifs is 2. The lowest BCUT2D eigenvalue weighted by Crippen LogP contribution is -2.34. The Morgan fingerprint density at radius 2 is 1.47 bits per heavy atom. The van der Waals surface area contributed by atoms with Gasteiger partial charge in [0.2, 0.25) is 17.7 Å². The van der Waals surface area contributed by atoms with E-state index in [1.807, 2.05) is 48.5 Å². The van der Waals surface area contributed by atoms with Crippen molar-refractivity contribution in [3.8, 4) is 11.8 Å². The highest BCUT2D eigenvalue weighted by atomic mass is 16.5. The van der Waals surface area contributed by atoms with Crippen LogP contribution in [0.3, 0.4) is 0 Å². The van der Waals surface area contributed by atoms with Crippen LogP contribution in [0.4, 0.5) is 5.69 Å². The predicted molar refractivity (Wildman–Crippen MR) is 134 cm³/mol. The molecular weight excluding hydrogens is 462 g/mol. The fourth-order valence-corrected chi connectivity index (χ4v) is 3.53. The number of primary amides is 1. The van der Waals surface area contributed by atoms with Crippen molar-refractivity contribution in [1.29, 1.82) is 0 Å². The largest absolute Gasteiger partial charge is 0.377 e. The fourth-order valence-electron chi connectivity index (χ4n) is 3.53. The summed E-state index contributed by atoms with van der Waals surface area (Å²) in [6.07, 6.45) is 0.168. The molecular formula is C27H31N3O6. The molecule has 9 nitrogen and oxygen atoms in total. The Hall–Kier alpha value is -3.71. The van der Waals surface area contributed by atoms with Crippen molar-refractivity contribution >= 4 is 23.4 Å². The van der Waals surface area contributed by atoms with Crippen LogP contribution in [0.1, 0.15) is 29.5 Å². The maximum Gasteiger partial charge on any atom is 0.243 e. The average molecular weight is 494 g/mol. The van der Waals surface area contributed by atoms with Crippen LogP contribution in [0.2, 0.25) is 0 Å². The van der Waals surface area contributed by atoms with E-state index in [1.165, 1.54) is 0 Å². The van der Waals surface area contributed by atoms with Crippen LogP contribution in [0.25, 0.3) is 0 Å². The van der Waals surface area contributed by atoms with E-state index in [0.29, 0.717) is 39.5 Å². The van der Waals surface area contributed by atoms with Gasteiger partial charge in [0.15, 0.2) is 0 Å². The topological polar surface area (TPSA) is 120 Å². The smallest absolute Gasteiger partial charge is 0.243 e. The summed E-state index contributed by atoms with van der Waals surface area (Å²) >= 11 is 0. The second-order valence-electron chi connectivity index (χ2n) is 8.00. The van der Waals surface area contributed by atoms with Crippen molar-refractivity contribution in [3.05, 3.63) is 65.2 Å². The number of ether oxygens (including phenoxy) is 3. The molecule has 3 amide bonds. The molecule has 0 aromatic heterocycles. The number of carbonyl (C=O) groups is 3. The van der Waals surface area contributed by atoms with E-state index >= 15 is 0 Å². The Morgan fingerprint density at radius 1 is 0.833 bits per heavy atom. The molecule has 0 saturated heterocycles. The van der Waals surface area contributed by atoms with Gasteiger partial charge in [-0.15, -0.1) is 0 Å². The molecule has 1 heterocycles. The summed E-state index contributed by atoms with van der Waals surface area (Å²) in [5, 5.41) is 2.77. The zero-order valence-corrected chi connectivity index (χ0v) is 20.2. The van der Waals surface area contributed by atoms with E-state index in [1.54, 1.807) is 4.90 Å². The monoisotopic (exact) mass is 493 g/mol. The molecule has 190 valence electrons. The van der Waals surface area contributed by atoms with Crippen LogP contribution in [0, 0.1) is 11.8 Å². The van der Waals surface area contributed by atoms with Crippen molar-refractivity contribution < 1.29 is 28.6 Å². The number of rotatable bonds is 14. The summed E-state index contributed by atoms with van der Waals surface area (Å²) in [5.41, 5.74) is 8.35. The number of nitrogens with one attached hydrogen (secondary N) is 1. The Labute approximate surface area is 210 Å². The van der Waals surface area contributed by atoms with Crippen molar-refractivity contribution in [3.63, 3.8) is 0 Å². The lowest BCUT2D eigenvalue weighted by molar-refractivity contribution is -0.125. The Kier molecular flexibility index (Phi) is 10.9. The van der Waals surface area contributed by atoms with Crippen molar-refractivity contribution in [2.45, 2.75) is 19.4 Å². The Balaban J connectivity index is 1.37. The lowest BCUT2D eigenvalue weighted by Gasteiger charge is -2.26. The first-order valence-corrected chi connectivity index (χ1v) is 11.8. The van der Waals surface area contributed by atoms with Crippen LogP contribution in [0.15, 0.2) is 48.5 Å². The first kappa shape index (κ1) is 26.9. The van der Waals surface area contributed by atoms with E-state index in [-0.39, 0.29) is 37.9 Å². The van der Waals surface area contributed by atoms with Gasteiger partial charge in [-0.3, -0.25) is 14.4 Å². The number of hydrogen-bond donors (Lipinski definition) is 2. The summed E-state index contributed by atoms with van der Waals surface area (Å²) in [7, 11) is 0. The second-order valence-corrected chi connectivity index (χ2v) is 8.00. The predicted octanol–water partition coefficient (Wildman–Crippen LogP) is 1.36. The minimum atomic E-state index is -0.520. The molecule has 0 fully saturated rings. The molecule has 9 heteroatoms. The molecule has 0 bridgehead atoms. The number of nitrogens with zero attached hydrogens (tertiary/aromatic N) is 1. The summed E-state index contributed by atoms with van der Waals surface area (Å²) in [6.45, 7) is 2.28. The number of nitrogens with two attached hydrogens (primary N) is 1. The summed E-state index contributed by atoms with van der Waals surface area (Å²) in [4.78, 5) is 37.6. The van der Waals surface area contributed by atoms with Gasteiger partial charge in [0.05, 0.1) is 45.3 Å². The molecule has 0 spiro atoms. The molecule has 3 rings (SSSR count). The van der Waals surface area contributed by atoms with Gasteiger partial charge in [-0.1, -0.05) is 42.2 Å². The Morgan fingerprint density at radius 3 is 2.25 bits per heavy atom.